The van der Waals surface area contributed by atoms with Gasteiger partial charge in [-0.2, -0.15) is 5.10 Å². The number of hydrogen-bond donors (Lipinski definition) is 0. The highest BCUT2D eigenvalue weighted by Gasteiger charge is 2.07. The first-order valence-electron chi connectivity index (χ1n) is 5.19. The largest absolute Gasteiger partial charge is 0.263 e. The van der Waals surface area contributed by atoms with Crippen molar-refractivity contribution in [3.05, 3.63) is 40.2 Å². The fourth-order valence-electron chi connectivity index (χ4n) is 1.76. The fraction of sp³-hybridized carbons (Fsp3) is 0.182. The molecule has 0 aliphatic carbocycles. The number of fused-ring (bicyclic) bond motifs is 1. The molecule has 0 atom stereocenters. The zero-order valence-corrected chi connectivity index (χ0v) is 11.3. The SMILES string of the molecule is Brc1cncc2cnn(CCc3ccns3)c12. The first-order valence-corrected chi connectivity index (χ1v) is 6.76. The molecule has 6 heteroatoms. The van der Waals surface area contributed by atoms with Gasteiger partial charge >= 0.3 is 0 Å². The van der Waals surface area contributed by atoms with E-state index in [4.69, 9.17) is 0 Å². The summed E-state index contributed by atoms with van der Waals surface area (Å²) in [6.07, 6.45) is 8.26. The minimum absolute atomic E-state index is 0.855. The number of nitrogens with zero attached hydrogens (tertiary/aromatic N) is 4. The molecule has 0 unspecified atom stereocenters. The van der Waals surface area contributed by atoms with Crippen LogP contribution in [0.1, 0.15) is 4.88 Å². The first-order chi connectivity index (χ1) is 8.34. The van der Waals surface area contributed by atoms with Crippen molar-refractivity contribution in [3.63, 3.8) is 0 Å². The van der Waals surface area contributed by atoms with Gasteiger partial charge in [-0.3, -0.25) is 9.67 Å². The van der Waals surface area contributed by atoms with Crippen molar-refractivity contribution in [2.45, 2.75) is 13.0 Å². The average Bonchev–Trinajstić information content (AvgIpc) is 2.95. The quantitative estimate of drug-likeness (QED) is 0.747. The van der Waals surface area contributed by atoms with Crippen LogP contribution in [0.3, 0.4) is 0 Å². The van der Waals surface area contributed by atoms with Crippen LogP contribution in [0.5, 0.6) is 0 Å². The summed E-state index contributed by atoms with van der Waals surface area (Å²) in [6, 6.07) is 2.05. The predicted molar refractivity (Wildman–Crippen MR) is 71.0 cm³/mol. The maximum Gasteiger partial charge on any atom is 0.0855 e. The number of aryl methyl sites for hydroxylation is 2. The summed E-state index contributed by atoms with van der Waals surface area (Å²) in [6.45, 7) is 0.855. The van der Waals surface area contributed by atoms with E-state index in [0.717, 1.165) is 28.3 Å². The Labute approximate surface area is 111 Å². The molecule has 0 aromatic carbocycles. The summed E-state index contributed by atoms with van der Waals surface area (Å²) >= 11 is 5.05. The van der Waals surface area contributed by atoms with Gasteiger partial charge in [0.05, 0.1) is 16.2 Å². The zero-order chi connectivity index (χ0) is 11.7. The molecule has 0 bridgehead atoms. The number of halogens is 1. The fourth-order valence-corrected chi connectivity index (χ4v) is 2.87. The zero-order valence-electron chi connectivity index (χ0n) is 8.88. The van der Waals surface area contributed by atoms with Crippen molar-refractivity contribution in [2.75, 3.05) is 0 Å². The normalized spacial score (nSPS) is 11.1. The Morgan fingerprint density at radius 3 is 3.06 bits per heavy atom. The van der Waals surface area contributed by atoms with Gasteiger partial charge in [-0.25, -0.2) is 4.37 Å². The lowest BCUT2D eigenvalue weighted by atomic mass is 10.3. The first kappa shape index (κ1) is 10.9. The van der Waals surface area contributed by atoms with Gasteiger partial charge in [-0.15, -0.1) is 0 Å². The maximum atomic E-state index is 4.39. The van der Waals surface area contributed by atoms with Crippen LogP contribution >= 0.6 is 27.5 Å². The lowest BCUT2D eigenvalue weighted by Gasteiger charge is -2.03. The van der Waals surface area contributed by atoms with Crippen molar-refractivity contribution in [1.82, 2.24) is 19.1 Å². The molecule has 0 fully saturated rings. The van der Waals surface area contributed by atoms with Crippen molar-refractivity contribution < 1.29 is 0 Å². The highest BCUT2D eigenvalue weighted by atomic mass is 79.9. The monoisotopic (exact) mass is 308 g/mol. The summed E-state index contributed by atoms with van der Waals surface area (Å²) in [5.74, 6) is 0. The molecule has 86 valence electrons. The molecule has 0 aliphatic rings. The summed E-state index contributed by atoms with van der Waals surface area (Å²) in [5.41, 5.74) is 1.10. The van der Waals surface area contributed by atoms with Crippen LogP contribution in [0.25, 0.3) is 10.9 Å². The van der Waals surface area contributed by atoms with E-state index >= 15 is 0 Å². The second-order valence-electron chi connectivity index (χ2n) is 3.66. The Morgan fingerprint density at radius 2 is 2.24 bits per heavy atom. The van der Waals surface area contributed by atoms with Crippen LogP contribution in [0, 0.1) is 0 Å². The molecule has 0 aliphatic heterocycles. The Morgan fingerprint density at radius 1 is 1.29 bits per heavy atom. The van der Waals surface area contributed by atoms with Crippen molar-refractivity contribution in [3.8, 4) is 0 Å². The van der Waals surface area contributed by atoms with Crippen molar-refractivity contribution >= 4 is 38.4 Å². The van der Waals surface area contributed by atoms with Crippen LogP contribution in [0.15, 0.2) is 35.3 Å². The Hall–Kier alpha value is -1.27. The standard InChI is InChI=1S/C11H9BrN4S/c12-10-7-13-5-8-6-14-16(11(8)10)4-2-9-1-3-15-17-9/h1,3,5-7H,2,4H2. The molecule has 0 amide bonds. The lowest BCUT2D eigenvalue weighted by Crippen LogP contribution is -2.02. The van der Waals surface area contributed by atoms with E-state index in [1.165, 1.54) is 16.4 Å². The molecule has 0 radical (unpaired) electrons. The average molecular weight is 309 g/mol. The predicted octanol–water partition coefficient (Wildman–Crippen LogP) is 2.89. The van der Waals surface area contributed by atoms with Gasteiger partial charge in [-0.05, 0) is 33.5 Å². The molecule has 17 heavy (non-hydrogen) atoms. The van der Waals surface area contributed by atoms with E-state index in [1.807, 2.05) is 29.3 Å². The topological polar surface area (TPSA) is 43.6 Å². The van der Waals surface area contributed by atoms with E-state index in [2.05, 4.69) is 30.4 Å². The van der Waals surface area contributed by atoms with E-state index in [9.17, 15) is 0 Å². The molecule has 3 aromatic heterocycles. The van der Waals surface area contributed by atoms with Crippen LogP contribution in [0.2, 0.25) is 0 Å². The maximum absolute atomic E-state index is 4.39. The molecule has 0 spiro atoms. The number of rotatable bonds is 3. The summed E-state index contributed by atoms with van der Waals surface area (Å²) in [5, 5.41) is 5.45. The van der Waals surface area contributed by atoms with Gasteiger partial charge in [0.2, 0.25) is 0 Å². The van der Waals surface area contributed by atoms with E-state index in [1.54, 1.807) is 6.20 Å². The second kappa shape index (κ2) is 4.54. The number of aromatic nitrogens is 4. The van der Waals surface area contributed by atoms with Crippen molar-refractivity contribution in [2.24, 2.45) is 0 Å². The van der Waals surface area contributed by atoms with Gasteiger partial charge < -0.3 is 0 Å². The Balaban J connectivity index is 1.90. The molecule has 0 saturated heterocycles. The highest BCUT2D eigenvalue weighted by Crippen LogP contribution is 2.22. The highest BCUT2D eigenvalue weighted by molar-refractivity contribution is 9.10. The third-order valence-corrected chi connectivity index (χ3v) is 3.94. The van der Waals surface area contributed by atoms with E-state index in [-0.39, 0.29) is 0 Å². The molecular weight excluding hydrogens is 300 g/mol. The summed E-state index contributed by atoms with van der Waals surface area (Å²) in [4.78, 5) is 5.40. The van der Waals surface area contributed by atoms with E-state index < -0.39 is 0 Å². The van der Waals surface area contributed by atoms with Crippen LogP contribution in [-0.4, -0.2) is 19.1 Å². The van der Waals surface area contributed by atoms with E-state index in [0.29, 0.717) is 0 Å². The smallest absolute Gasteiger partial charge is 0.0855 e. The van der Waals surface area contributed by atoms with Gasteiger partial charge in [0, 0.05) is 41.8 Å². The summed E-state index contributed by atoms with van der Waals surface area (Å²) in [7, 11) is 0. The van der Waals surface area contributed by atoms with Crippen LogP contribution in [0.4, 0.5) is 0 Å². The van der Waals surface area contributed by atoms with Gasteiger partial charge in [0.15, 0.2) is 0 Å². The Kier molecular flexibility index (Phi) is 2.90. The molecular formula is C11H9BrN4S. The minimum atomic E-state index is 0.855. The minimum Gasteiger partial charge on any atom is -0.263 e. The molecule has 0 saturated carbocycles. The molecule has 3 heterocycles. The molecule has 4 nitrogen and oxygen atoms in total. The molecule has 3 rings (SSSR count). The summed E-state index contributed by atoms with van der Waals surface area (Å²) < 4.78 is 7.08. The third kappa shape index (κ3) is 2.10. The molecule has 0 N–H and O–H groups in total. The van der Waals surface area contributed by atoms with Gasteiger partial charge in [0.1, 0.15) is 0 Å². The number of hydrogen-bond acceptors (Lipinski definition) is 4. The molecule has 3 aromatic rings. The van der Waals surface area contributed by atoms with Gasteiger partial charge in [-0.1, -0.05) is 0 Å². The van der Waals surface area contributed by atoms with Crippen molar-refractivity contribution in [1.29, 1.82) is 0 Å². The van der Waals surface area contributed by atoms with Crippen LogP contribution < -0.4 is 0 Å². The second-order valence-corrected chi connectivity index (χ2v) is 5.43. The lowest BCUT2D eigenvalue weighted by molar-refractivity contribution is 0.638. The third-order valence-electron chi connectivity index (χ3n) is 2.56. The van der Waals surface area contributed by atoms with Gasteiger partial charge in [0.25, 0.3) is 0 Å². The van der Waals surface area contributed by atoms with Crippen LogP contribution in [-0.2, 0) is 13.0 Å². The number of pyridine rings is 1. The Bertz CT molecular complexity index is 632.